The largest absolute Gasteiger partial charge is 0.507 e. The average Bonchev–Trinajstić information content (AvgIpc) is 3.10. The minimum absolute atomic E-state index is 0.0378. The number of hydrogen-bond donors (Lipinski definition) is 1. The van der Waals surface area contributed by atoms with E-state index < -0.39 is 17.7 Å². The van der Waals surface area contributed by atoms with Gasteiger partial charge in [0, 0.05) is 12.1 Å². The Labute approximate surface area is 219 Å². The van der Waals surface area contributed by atoms with Gasteiger partial charge in [-0.3, -0.25) is 9.59 Å². The number of ether oxygens (including phenoxy) is 1. The van der Waals surface area contributed by atoms with Crippen LogP contribution in [0.5, 0.6) is 5.75 Å². The van der Waals surface area contributed by atoms with Crippen LogP contribution in [0.15, 0.2) is 48.0 Å². The molecule has 1 aliphatic rings. The molecular formula is C29H37ClN2O4. The van der Waals surface area contributed by atoms with E-state index in [0.717, 1.165) is 37.2 Å². The minimum atomic E-state index is -0.688. The van der Waals surface area contributed by atoms with E-state index in [-0.39, 0.29) is 16.7 Å². The van der Waals surface area contributed by atoms with Crippen LogP contribution in [0.1, 0.15) is 63.8 Å². The maximum Gasteiger partial charge on any atom is 0.295 e. The van der Waals surface area contributed by atoms with Gasteiger partial charge in [0.05, 0.1) is 23.7 Å². The van der Waals surface area contributed by atoms with Gasteiger partial charge in [0.2, 0.25) is 0 Å². The molecule has 0 radical (unpaired) electrons. The normalized spacial score (nSPS) is 17.8. The number of aliphatic hydroxyl groups excluding tert-OH is 1. The van der Waals surface area contributed by atoms with E-state index >= 15 is 0 Å². The number of aliphatic hydroxyl groups is 1. The van der Waals surface area contributed by atoms with Crippen molar-refractivity contribution in [3.8, 4) is 5.75 Å². The second-order valence-electron chi connectivity index (χ2n) is 10.1. The molecule has 1 amide bonds. The molecule has 194 valence electrons. The monoisotopic (exact) mass is 512 g/mol. The molecule has 3 rings (SSSR count). The SMILES string of the molecule is CCN(CC)CCCN1C(=O)C(=O)/C(=C(/O)c2ccc(OC)c(Cl)c2)[C@H]1c1ccc(C(C)(C)C)cc1. The van der Waals surface area contributed by atoms with Crippen molar-refractivity contribution in [1.29, 1.82) is 0 Å². The van der Waals surface area contributed by atoms with Crippen LogP contribution in [-0.4, -0.2) is 59.9 Å². The highest BCUT2D eigenvalue weighted by atomic mass is 35.5. The molecule has 7 heteroatoms. The Bertz CT molecular complexity index is 1130. The lowest BCUT2D eigenvalue weighted by Gasteiger charge is -2.27. The Morgan fingerprint density at radius 2 is 1.72 bits per heavy atom. The van der Waals surface area contributed by atoms with Crippen LogP contribution in [0, 0.1) is 0 Å². The van der Waals surface area contributed by atoms with Crippen LogP contribution >= 0.6 is 11.6 Å². The fourth-order valence-electron chi connectivity index (χ4n) is 4.60. The first-order valence-corrected chi connectivity index (χ1v) is 12.9. The molecular weight excluding hydrogens is 476 g/mol. The van der Waals surface area contributed by atoms with E-state index in [1.54, 1.807) is 23.1 Å². The molecule has 1 fully saturated rings. The predicted molar refractivity (Wildman–Crippen MR) is 145 cm³/mol. The number of rotatable bonds is 9. The van der Waals surface area contributed by atoms with Gasteiger partial charge in [0.1, 0.15) is 11.5 Å². The molecule has 6 nitrogen and oxygen atoms in total. The molecule has 0 aromatic heterocycles. The molecule has 0 aliphatic carbocycles. The molecule has 0 unspecified atom stereocenters. The number of Topliss-reactive ketones (excluding diaryl/α,β-unsaturated/α-hetero) is 1. The summed E-state index contributed by atoms with van der Waals surface area (Å²) >= 11 is 6.29. The van der Waals surface area contributed by atoms with Gasteiger partial charge in [0.25, 0.3) is 11.7 Å². The number of carbonyl (C=O) groups excluding carboxylic acids is 2. The van der Waals surface area contributed by atoms with Crippen LogP contribution in [0.4, 0.5) is 0 Å². The first kappa shape index (κ1) is 27.8. The first-order valence-electron chi connectivity index (χ1n) is 12.5. The lowest BCUT2D eigenvalue weighted by molar-refractivity contribution is -0.140. The predicted octanol–water partition coefficient (Wildman–Crippen LogP) is 5.80. The fourth-order valence-corrected chi connectivity index (χ4v) is 4.85. The van der Waals surface area contributed by atoms with Crippen molar-refractivity contribution in [3.05, 3.63) is 69.8 Å². The lowest BCUT2D eigenvalue weighted by atomic mass is 9.85. The number of hydrogen-bond acceptors (Lipinski definition) is 5. The van der Waals surface area contributed by atoms with Crippen LogP contribution < -0.4 is 4.74 Å². The topological polar surface area (TPSA) is 70.1 Å². The summed E-state index contributed by atoms with van der Waals surface area (Å²) in [6.07, 6.45) is 0.722. The number of carbonyl (C=O) groups is 2. The summed E-state index contributed by atoms with van der Waals surface area (Å²) in [5, 5.41) is 11.6. The molecule has 1 N–H and O–H groups in total. The number of benzene rings is 2. The van der Waals surface area contributed by atoms with Crippen molar-refractivity contribution in [1.82, 2.24) is 9.80 Å². The van der Waals surface area contributed by atoms with E-state index in [4.69, 9.17) is 16.3 Å². The lowest BCUT2D eigenvalue weighted by Crippen LogP contribution is -2.33. The summed E-state index contributed by atoms with van der Waals surface area (Å²) in [6.45, 7) is 13.7. The van der Waals surface area contributed by atoms with E-state index in [9.17, 15) is 14.7 Å². The van der Waals surface area contributed by atoms with E-state index in [1.165, 1.54) is 7.11 Å². The first-order chi connectivity index (χ1) is 17.0. The number of nitrogens with zero attached hydrogens (tertiary/aromatic N) is 2. The highest BCUT2D eigenvalue weighted by molar-refractivity contribution is 6.46. The summed E-state index contributed by atoms with van der Waals surface area (Å²) < 4.78 is 5.21. The Hall–Kier alpha value is -2.83. The average molecular weight is 513 g/mol. The van der Waals surface area contributed by atoms with Gasteiger partial charge in [-0.05, 0) is 60.8 Å². The zero-order valence-electron chi connectivity index (χ0n) is 22.1. The smallest absolute Gasteiger partial charge is 0.295 e. The molecule has 36 heavy (non-hydrogen) atoms. The van der Waals surface area contributed by atoms with Gasteiger partial charge in [-0.1, -0.05) is 70.5 Å². The summed E-state index contributed by atoms with van der Waals surface area (Å²) in [7, 11) is 1.51. The number of likely N-dealkylation sites (tertiary alicyclic amines) is 1. The van der Waals surface area contributed by atoms with Gasteiger partial charge in [-0.25, -0.2) is 0 Å². The van der Waals surface area contributed by atoms with Crippen molar-refractivity contribution in [2.75, 3.05) is 33.3 Å². The second kappa shape index (κ2) is 11.5. The Balaban J connectivity index is 2.08. The van der Waals surface area contributed by atoms with Gasteiger partial charge in [-0.2, -0.15) is 0 Å². The number of ketones is 1. The number of halogens is 1. The zero-order valence-corrected chi connectivity index (χ0v) is 22.9. The Kier molecular flexibility index (Phi) is 8.85. The molecule has 1 saturated heterocycles. The highest BCUT2D eigenvalue weighted by Crippen LogP contribution is 2.41. The molecule has 0 bridgehead atoms. The Morgan fingerprint density at radius 1 is 1.08 bits per heavy atom. The summed E-state index contributed by atoms with van der Waals surface area (Å²) in [6, 6.07) is 12.1. The van der Waals surface area contributed by atoms with E-state index in [0.29, 0.717) is 22.9 Å². The maximum atomic E-state index is 13.3. The van der Waals surface area contributed by atoms with Gasteiger partial charge < -0.3 is 19.6 Å². The van der Waals surface area contributed by atoms with Gasteiger partial charge in [0.15, 0.2) is 0 Å². The number of methoxy groups -OCH3 is 1. The van der Waals surface area contributed by atoms with Crippen LogP contribution in [-0.2, 0) is 15.0 Å². The van der Waals surface area contributed by atoms with Crippen LogP contribution in [0.25, 0.3) is 5.76 Å². The molecule has 2 aromatic carbocycles. The highest BCUT2D eigenvalue weighted by Gasteiger charge is 2.45. The third kappa shape index (κ3) is 5.76. The van der Waals surface area contributed by atoms with Crippen molar-refractivity contribution in [2.24, 2.45) is 0 Å². The third-order valence-electron chi connectivity index (χ3n) is 6.83. The molecule has 1 atom stereocenters. The maximum absolute atomic E-state index is 13.3. The van der Waals surface area contributed by atoms with Crippen LogP contribution in [0.3, 0.4) is 0 Å². The van der Waals surface area contributed by atoms with Crippen LogP contribution in [0.2, 0.25) is 5.02 Å². The summed E-state index contributed by atoms with van der Waals surface area (Å²) in [4.78, 5) is 30.4. The zero-order chi connectivity index (χ0) is 26.6. The van der Waals surface area contributed by atoms with Gasteiger partial charge >= 0.3 is 0 Å². The van der Waals surface area contributed by atoms with Crippen molar-refractivity contribution in [3.63, 3.8) is 0 Å². The van der Waals surface area contributed by atoms with E-state index in [2.05, 4.69) is 39.5 Å². The second-order valence-corrected chi connectivity index (χ2v) is 10.5. The molecule has 0 saturated carbocycles. The Morgan fingerprint density at radius 3 is 2.25 bits per heavy atom. The molecule has 0 spiro atoms. The van der Waals surface area contributed by atoms with Crippen molar-refractivity contribution < 1.29 is 19.4 Å². The molecule has 1 aliphatic heterocycles. The third-order valence-corrected chi connectivity index (χ3v) is 7.12. The molecule has 2 aromatic rings. The molecule has 1 heterocycles. The van der Waals surface area contributed by atoms with Crippen molar-refractivity contribution in [2.45, 2.75) is 52.5 Å². The minimum Gasteiger partial charge on any atom is -0.507 e. The standard InChI is InChI=1S/C29H37ClN2O4/c1-7-31(8-2)16-9-17-32-25(19-10-13-21(14-11-19)29(3,4)5)24(27(34)28(32)35)26(33)20-12-15-23(36-6)22(30)18-20/h10-15,18,25,33H,7-9,16-17H2,1-6H3/b26-24+/t25-/m1/s1. The van der Waals surface area contributed by atoms with Crippen molar-refractivity contribution >= 4 is 29.1 Å². The van der Waals surface area contributed by atoms with Gasteiger partial charge in [-0.15, -0.1) is 0 Å². The summed E-state index contributed by atoms with van der Waals surface area (Å²) in [5.41, 5.74) is 2.33. The summed E-state index contributed by atoms with van der Waals surface area (Å²) in [5.74, 6) is -1.07. The van der Waals surface area contributed by atoms with E-state index in [1.807, 2.05) is 24.3 Å². The fraction of sp³-hybridized carbons (Fsp3) is 0.448. The number of amides is 1. The quantitative estimate of drug-likeness (QED) is 0.261.